The second-order valence-corrected chi connectivity index (χ2v) is 10.7. The van der Waals surface area contributed by atoms with Crippen LogP contribution in [0.2, 0.25) is 0 Å². The van der Waals surface area contributed by atoms with Gasteiger partial charge in [0.15, 0.2) is 5.65 Å². The van der Waals surface area contributed by atoms with Crippen LogP contribution in [0.25, 0.3) is 22.3 Å². The van der Waals surface area contributed by atoms with Crippen molar-refractivity contribution in [2.75, 3.05) is 38.2 Å². The van der Waals surface area contributed by atoms with Crippen molar-refractivity contribution in [1.82, 2.24) is 19.7 Å². The number of aryl methyl sites for hydroxylation is 2. The Balaban J connectivity index is 1.45. The van der Waals surface area contributed by atoms with Gasteiger partial charge in [-0.1, -0.05) is 0 Å². The summed E-state index contributed by atoms with van der Waals surface area (Å²) in [4.78, 5) is 25.5. The molecule has 0 radical (unpaired) electrons. The Morgan fingerprint density at radius 3 is 2.37 bits per heavy atom. The normalized spacial score (nSPS) is 14.2. The summed E-state index contributed by atoms with van der Waals surface area (Å²) in [7, 11) is 1.67. The van der Waals surface area contributed by atoms with E-state index in [1.807, 2.05) is 27.8 Å². The Morgan fingerprint density at radius 2 is 1.77 bits per heavy atom. The lowest BCUT2D eigenvalue weighted by Crippen LogP contribution is -2.48. The molecular formula is C27H31N5O2S. The van der Waals surface area contributed by atoms with Crippen molar-refractivity contribution < 1.29 is 9.53 Å². The van der Waals surface area contributed by atoms with Gasteiger partial charge in [-0.05, 0) is 64.1 Å². The fourth-order valence-electron chi connectivity index (χ4n) is 4.73. The van der Waals surface area contributed by atoms with E-state index in [9.17, 15) is 4.79 Å². The van der Waals surface area contributed by atoms with E-state index in [0.717, 1.165) is 46.8 Å². The molecule has 0 spiro atoms. The minimum Gasteiger partial charge on any atom is -0.497 e. The molecule has 182 valence electrons. The van der Waals surface area contributed by atoms with Crippen LogP contribution in [0.1, 0.15) is 40.0 Å². The van der Waals surface area contributed by atoms with Crippen molar-refractivity contribution in [1.29, 1.82) is 0 Å². The minimum absolute atomic E-state index is 0.0425. The third-order valence-corrected chi connectivity index (χ3v) is 7.57. The smallest absolute Gasteiger partial charge is 0.254 e. The van der Waals surface area contributed by atoms with Crippen molar-refractivity contribution in [3.8, 4) is 17.0 Å². The molecule has 8 heteroatoms. The third-order valence-electron chi connectivity index (χ3n) is 6.61. The molecule has 0 unspecified atom stereocenters. The van der Waals surface area contributed by atoms with E-state index in [-0.39, 0.29) is 11.9 Å². The monoisotopic (exact) mass is 489 g/mol. The largest absolute Gasteiger partial charge is 0.497 e. The molecule has 1 fully saturated rings. The van der Waals surface area contributed by atoms with Gasteiger partial charge in [0.1, 0.15) is 5.75 Å². The first-order chi connectivity index (χ1) is 16.9. The van der Waals surface area contributed by atoms with E-state index >= 15 is 0 Å². The zero-order valence-corrected chi connectivity index (χ0v) is 21.7. The number of nitrogens with zero attached hydrogens (tertiary/aromatic N) is 5. The highest BCUT2D eigenvalue weighted by atomic mass is 32.1. The van der Waals surface area contributed by atoms with E-state index in [0.29, 0.717) is 18.7 Å². The fraction of sp³-hybridized carbons (Fsp3) is 0.370. The van der Waals surface area contributed by atoms with Gasteiger partial charge in [-0.25, -0.2) is 9.67 Å². The van der Waals surface area contributed by atoms with Crippen molar-refractivity contribution in [3.63, 3.8) is 0 Å². The first-order valence-corrected chi connectivity index (χ1v) is 12.8. The summed E-state index contributed by atoms with van der Waals surface area (Å²) in [5.41, 5.74) is 4.51. The van der Waals surface area contributed by atoms with Gasteiger partial charge in [0, 0.05) is 53.2 Å². The molecule has 1 amide bonds. The van der Waals surface area contributed by atoms with Crippen LogP contribution in [0.5, 0.6) is 5.75 Å². The lowest BCUT2D eigenvalue weighted by Gasteiger charge is -2.36. The topological polar surface area (TPSA) is 63.5 Å². The Labute approximate surface area is 209 Å². The molecule has 0 aliphatic carbocycles. The number of fused-ring (bicyclic) bond motifs is 1. The number of hydrogen-bond donors (Lipinski definition) is 0. The second kappa shape index (κ2) is 9.34. The average molecular weight is 490 g/mol. The number of hydrogen-bond acceptors (Lipinski definition) is 6. The summed E-state index contributed by atoms with van der Waals surface area (Å²) >= 11 is 1.75. The first-order valence-electron chi connectivity index (χ1n) is 12.0. The van der Waals surface area contributed by atoms with Crippen molar-refractivity contribution in [2.45, 2.75) is 33.7 Å². The van der Waals surface area contributed by atoms with Gasteiger partial charge >= 0.3 is 0 Å². The van der Waals surface area contributed by atoms with E-state index < -0.39 is 0 Å². The number of thiophene rings is 1. The molecule has 1 aliphatic heterocycles. The highest BCUT2D eigenvalue weighted by Crippen LogP contribution is 2.33. The number of aromatic nitrogens is 3. The highest BCUT2D eigenvalue weighted by Gasteiger charge is 2.26. The Morgan fingerprint density at radius 1 is 1.06 bits per heavy atom. The fourth-order valence-corrected chi connectivity index (χ4v) is 5.66. The predicted molar refractivity (Wildman–Crippen MR) is 142 cm³/mol. The van der Waals surface area contributed by atoms with Gasteiger partial charge < -0.3 is 14.5 Å². The van der Waals surface area contributed by atoms with Gasteiger partial charge in [0.05, 0.1) is 30.0 Å². The predicted octanol–water partition coefficient (Wildman–Crippen LogP) is 5.33. The van der Waals surface area contributed by atoms with E-state index in [2.05, 4.69) is 55.9 Å². The molecule has 4 heterocycles. The number of carbonyl (C=O) groups is 1. The number of ether oxygens (including phenoxy) is 1. The van der Waals surface area contributed by atoms with Crippen molar-refractivity contribution >= 4 is 34.0 Å². The summed E-state index contributed by atoms with van der Waals surface area (Å²) in [5, 5.41) is 5.39. The molecule has 0 atom stereocenters. The van der Waals surface area contributed by atoms with Crippen LogP contribution >= 0.6 is 11.3 Å². The molecule has 0 saturated carbocycles. The number of amides is 1. The molecule has 1 aliphatic rings. The summed E-state index contributed by atoms with van der Waals surface area (Å²) in [6.07, 6.45) is 1.79. The molecular weight excluding hydrogens is 458 g/mol. The number of rotatable bonds is 5. The maximum Gasteiger partial charge on any atom is 0.254 e. The SMILES string of the molecule is COc1ccc(N2CCN(C(=O)c3cc(-c4cc(C)sc4C)nc4c3cnn4C(C)C)CC2)cc1. The van der Waals surface area contributed by atoms with E-state index in [1.165, 1.54) is 9.75 Å². The number of piperazine rings is 1. The van der Waals surface area contributed by atoms with Crippen LogP contribution < -0.4 is 9.64 Å². The molecule has 1 aromatic carbocycles. The Kier molecular flexibility index (Phi) is 6.23. The summed E-state index contributed by atoms with van der Waals surface area (Å²) < 4.78 is 7.18. The lowest BCUT2D eigenvalue weighted by atomic mass is 10.1. The minimum atomic E-state index is 0.0425. The van der Waals surface area contributed by atoms with Gasteiger partial charge in [-0.3, -0.25) is 4.79 Å². The van der Waals surface area contributed by atoms with Gasteiger partial charge in [0.25, 0.3) is 5.91 Å². The van der Waals surface area contributed by atoms with Crippen LogP contribution in [-0.2, 0) is 0 Å². The Hall–Kier alpha value is -3.39. The van der Waals surface area contributed by atoms with Crippen LogP contribution in [0.15, 0.2) is 42.6 Å². The molecule has 4 aromatic rings. The number of anilines is 1. The molecule has 0 N–H and O–H groups in total. The molecule has 3 aromatic heterocycles. The zero-order chi connectivity index (χ0) is 24.7. The zero-order valence-electron chi connectivity index (χ0n) is 20.9. The van der Waals surface area contributed by atoms with Crippen LogP contribution in [0.3, 0.4) is 0 Å². The number of carbonyl (C=O) groups excluding carboxylic acids is 1. The Bertz CT molecular complexity index is 1360. The summed E-state index contributed by atoms with van der Waals surface area (Å²) in [6.45, 7) is 11.3. The second-order valence-electron chi connectivity index (χ2n) is 9.28. The molecule has 7 nitrogen and oxygen atoms in total. The number of pyridine rings is 1. The van der Waals surface area contributed by atoms with E-state index in [4.69, 9.17) is 9.72 Å². The van der Waals surface area contributed by atoms with Crippen LogP contribution in [-0.4, -0.2) is 58.9 Å². The lowest BCUT2D eigenvalue weighted by molar-refractivity contribution is 0.0748. The maximum absolute atomic E-state index is 13.8. The average Bonchev–Trinajstić information content (AvgIpc) is 3.45. The van der Waals surface area contributed by atoms with Gasteiger partial charge in [0.2, 0.25) is 0 Å². The van der Waals surface area contributed by atoms with Crippen molar-refractivity contribution in [3.05, 3.63) is 57.9 Å². The number of methoxy groups -OCH3 is 1. The van der Waals surface area contributed by atoms with Gasteiger partial charge in [-0.15, -0.1) is 11.3 Å². The standard InChI is InChI=1S/C27H31N5O2S/c1-17(2)32-26-24(16-28-32)23(15-25(29-26)22-14-18(3)35-19(22)4)27(33)31-12-10-30(11-13-31)20-6-8-21(34-5)9-7-20/h6-9,14-17H,10-13H2,1-5H3. The molecule has 1 saturated heterocycles. The summed E-state index contributed by atoms with van der Waals surface area (Å²) in [6, 6.07) is 12.4. The van der Waals surface area contributed by atoms with E-state index in [1.54, 1.807) is 24.6 Å². The molecule has 5 rings (SSSR count). The van der Waals surface area contributed by atoms with Crippen LogP contribution in [0.4, 0.5) is 5.69 Å². The highest BCUT2D eigenvalue weighted by molar-refractivity contribution is 7.12. The first kappa shape index (κ1) is 23.4. The quantitative estimate of drug-likeness (QED) is 0.379. The maximum atomic E-state index is 13.8. The molecule has 35 heavy (non-hydrogen) atoms. The third kappa shape index (κ3) is 4.38. The summed E-state index contributed by atoms with van der Waals surface area (Å²) in [5.74, 6) is 0.888. The van der Waals surface area contributed by atoms with Crippen LogP contribution in [0, 0.1) is 13.8 Å². The van der Waals surface area contributed by atoms with Crippen molar-refractivity contribution in [2.24, 2.45) is 0 Å². The molecule has 0 bridgehead atoms. The van der Waals surface area contributed by atoms with Gasteiger partial charge in [-0.2, -0.15) is 5.10 Å². The number of benzene rings is 1.